The molecule has 0 aromatic heterocycles. The monoisotopic (exact) mass is 529 g/mol. The quantitative estimate of drug-likeness (QED) is 0.322. The molecule has 9 heteroatoms. The highest BCUT2D eigenvalue weighted by atomic mass is 16.6. The maximum Gasteiger partial charge on any atom is 0.312 e. The summed E-state index contributed by atoms with van der Waals surface area (Å²) in [4.78, 5) is 27.3. The molecule has 2 heterocycles. The molecule has 3 unspecified atom stereocenters. The van der Waals surface area contributed by atoms with E-state index < -0.39 is 6.03 Å². The van der Waals surface area contributed by atoms with Gasteiger partial charge in [0.2, 0.25) is 0 Å². The number of likely N-dealkylation sites (tertiary alicyclic amines) is 1. The molecule has 3 atom stereocenters. The zero-order valence-electron chi connectivity index (χ0n) is 22.1. The minimum Gasteiger partial charge on any atom is -0.486 e. The van der Waals surface area contributed by atoms with Gasteiger partial charge in [0.1, 0.15) is 13.2 Å². The average molecular weight is 530 g/mol. The highest BCUT2D eigenvalue weighted by Gasteiger charge is 2.37. The number of urea groups is 1. The number of carbonyl (C=O) groups is 2. The molecule has 0 aliphatic carbocycles. The van der Waals surface area contributed by atoms with Crippen molar-refractivity contribution in [1.29, 1.82) is 0 Å². The average Bonchev–Trinajstić information content (AvgIpc) is 3.36. The van der Waals surface area contributed by atoms with E-state index in [0.717, 1.165) is 36.6 Å². The zero-order chi connectivity index (χ0) is 27.4. The van der Waals surface area contributed by atoms with E-state index in [1.165, 1.54) is 5.56 Å². The lowest BCUT2D eigenvalue weighted by Gasteiger charge is -2.32. The van der Waals surface area contributed by atoms with Crippen molar-refractivity contribution in [3.05, 3.63) is 83.4 Å². The molecule has 1 fully saturated rings. The molecule has 2 aliphatic rings. The van der Waals surface area contributed by atoms with E-state index in [2.05, 4.69) is 34.6 Å². The van der Waals surface area contributed by atoms with E-state index in [9.17, 15) is 9.59 Å². The molecule has 204 valence electrons. The molecule has 0 saturated carbocycles. The van der Waals surface area contributed by atoms with Gasteiger partial charge in [-0.3, -0.25) is 9.69 Å². The number of fused-ring (bicyclic) bond motifs is 1. The summed E-state index contributed by atoms with van der Waals surface area (Å²) >= 11 is 0. The zero-order valence-corrected chi connectivity index (χ0v) is 22.1. The van der Waals surface area contributed by atoms with Crippen LogP contribution in [-0.2, 0) is 0 Å². The lowest BCUT2D eigenvalue weighted by Crippen LogP contribution is -2.39. The van der Waals surface area contributed by atoms with Crippen LogP contribution in [0.2, 0.25) is 0 Å². The minimum absolute atomic E-state index is 0.179. The van der Waals surface area contributed by atoms with Crippen molar-refractivity contribution in [1.82, 2.24) is 10.2 Å². The molecule has 0 bridgehead atoms. The number of likely N-dealkylation sites (N-methyl/N-ethyl adjacent to an activating group) is 1. The van der Waals surface area contributed by atoms with E-state index in [0.29, 0.717) is 36.6 Å². The SMILES string of the molecule is CCN1CCC(c2ccc3c(c2)OCCO3)C1CC(NC(N)=O)c1ccc(C(=O)Nc2ccccc2N)cc1. The molecule has 39 heavy (non-hydrogen) atoms. The Bertz CT molecular complexity index is 1330. The first kappa shape index (κ1) is 26.4. The molecule has 0 radical (unpaired) electrons. The molecule has 6 N–H and O–H groups in total. The van der Waals surface area contributed by atoms with Gasteiger partial charge in [-0.25, -0.2) is 4.79 Å². The van der Waals surface area contributed by atoms with Crippen LogP contribution in [0.5, 0.6) is 11.5 Å². The summed E-state index contributed by atoms with van der Waals surface area (Å²) in [5.74, 6) is 1.56. The number of hydrogen-bond acceptors (Lipinski definition) is 6. The number of carbonyl (C=O) groups excluding carboxylic acids is 2. The normalized spacial score (nSPS) is 19.3. The van der Waals surface area contributed by atoms with Gasteiger partial charge in [-0.1, -0.05) is 37.3 Å². The van der Waals surface area contributed by atoms with Crippen LogP contribution in [0.15, 0.2) is 66.7 Å². The summed E-state index contributed by atoms with van der Waals surface area (Å²) in [6.45, 7) is 5.12. The van der Waals surface area contributed by atoms with Crippen LogP contribution in [0.4, 0.5) is 16.2 Å². The van der Waals surface area contributed by atoms with Crippen molar-refractivity contribution < 1.29 is 19.1 Å². The summed E-state index contributed by atoms with van der Waals surface area (Å²) in [7, 11) is 0. The molecular weight excluding hydrogens is 494 g/mol. The number of nitrogens with two attached hydrogens (primary N) is 2. The summed E-state index contributed by atoms with van der Waals surface area (Å²) in [6.07, 6.45) is 1.67. The van der Waals surface area contributed by atoms with Crippen LogP contribution in [-0.4, -0.2) is 49.2 Å². The van der Waals surface area contributed by atoms with Gasteiger partial charge in [0.25, 0.3) is 5.91 Å². The van der Waals surface area contributed by atoms with Gasteiger partial charge in [0.05, 0.1) is 17.4 Å². The number of nitrogen functional groups attached to an aromatic ring is 1. The number of rotatable bonds is 8. The van der Waals surface area contributed by atoms with E-state index in [4.69, 9.17) is 20.9 Å². The van der Waals surface area contributed by atoms with Gasteiger partial charge in [0.15, 0.2) is 11.5 Å². The van der Waals surface area contributed by atoms with Gasteiger partial charge in [-0.2, -0.15) is 0 Å². The van der Waals surface area contributed by atoms with Crippen LogP contribution in [0, 0.1) is 0 Å². The Morgan fingerprint density at radius 2 is 1.77 bits per heavy atom. The van der Waals surface area contributed by atoms with Crippen molar-refractivity contribution in [2.75, 3.05) is 37.4 Å². The van der Waals surface area contributed by atoms with Gasteiger partial charge in [0, 0.05) is 17.5 Å². The third-order valence-corrected chi connectivity index (χ3v) is 7.64. The molecule has 2 aliphatic heterocycles. The van der Waals surface area contributed by atoms with Crippen molar-refractivity contribution in [2.24, 2.45) is 5.73 Å². The molecule has 5 rings (SSSR count). The van der Waals surface area contributed by atoms with Crippen molar-refractivity contribution >= 4 is 23.3 Å². The van der Waals surface area contributed by atoms with E-state index in [1.54, 1.807) is 24.3 Å². The summed E-state index contributed by atoms with van der Waals surface area (Å²) in [5, 5.41) is 5.78. The first-order valence-electron chi connectivity index (χ1n) is 13.4. The Morgan fingerprint density at radius 3 is 2.49 bits per heavy atom. The van der Waals surface area contributed by atoms with Crippen LogP contribution in [0.3, 0.4) is 0 Å². The fourth-order valence-electron chi connectivity index (χ4n) is 5.67. The second kappa shape index (κ2) is 11.7. The number of benzene rings is 3. The number of amides is 3. The fraction of sp³-hybridized carbons (Fsp3) is 0.333. The maximum atomic E-state index is 12.8. The summed E-state index contributed by atoms with van der Waals surface area (Å²) in [6, 6.07) is 19.8. The van der Waals surface area contributed by atoms with Crippen molar-refractivity contribution in [3.63, 3.8) is 0 Å². The molecule has 3 aromatic carbocycles. The van der Waals surface area contributed by atoms with Gasteiger partial charge < -0.3 is 31.6 Å². The predicted octanol–water partition coefficient (Wildman–Crippen LogP) is 4.27. The lowest BCUT2D eigenvalue weighted by molar-refractivity contribution is 0.102. The van der Waals surface area contributed by atoms with Crippen LogP contribution in [0.1, 0.15) is 53.2 Å². The number of ether oxygens (including phenoxy) is 2. The molecule has 1 saturated heterocycles. The minimum atomic E-state index is -0.585. The molecule has 0 spiro atoms. The smallest absolute Gasteiger partial charge is 0.312 e. The first-order chi connectivity index (χ1) is 18.9. The highest BCUT2D eigenvalue weighted by molar-refractivity contribution is 6.05. The summed E-state index contributed by atoms with van der Waals surface area (Å²) in [5.41, 5.74) is 15.2. The number of primary amides is 1. The Kier molecular flexibility index (Phi) is 7.88. The lowest BCUT2D eigenvalue weighted by atomic mass is 9.86. The first-order valence-corrected chi connectivity index (χ1v) is 13.4. The van der Waals surface area contributed by atoms with E-state index in [1.807, 2.05) is 30.3 Å². The maximum absolute atomic E-state index is 12.8. The number of hydrogen-bond donors (Lipinski definition) is 4. The molecule has 9 nitrogen and oxygen atoms in total. The fourth-order valence-corrected chi connectivity index (χ4v) is 5.67. The molecule has 3 aromatic rings. The summed E-state index contributed by atoms with van der Waals surface area (Å²) < 4.78 is 11.5. The van der Waals surface area contributed by atoms with Crippen molar-refractivity contribution in [3.8, 4) is 11.5 Å². The topological polar surface area (TPSA) is 132 Å². The predicted molar refractivity (Wildman–Crippen MR) is 151 cm³/mol. The molecular formula is C30H35N5O4. The number of anilines is 2. The Balaban J connectivity index is 1.35. The van der Waals surface area contributed by atoms with Crippen LogP contribution >= 0.6 is 0 Å². The Labute approximate surface area is 228 Å². The van der Waals surface area contributed by atoms with Gasteiger partial charge in [-0.05, 0) is 73.5 Å². The molecule has 3 amide bonds. The third-order valence-electron chi connectivity index (χ3n) is 7.64. The van der Waals surface area contributed by atoms with Crippen LogP contribution < -0.4 is 31.6 Å². The van der Waals surface area contributed by atoms with E-state index in [-0.39, 0.29) is 23.9 Å². The largest absolute Gasteiger partial charge is 0.486 e. The van der Waals surface area contributed by atoms with Crippen molar-refractivity contribution in [2.45, 2.75) is 37.8 Å². The van der Waals surface area contributed by atoms with Crippen LogP contribution in [0.25, 0.3) is 0 Å². The Morgan fingerprint density at radius 1 is 1.03 bits per heavy atom. The number of nitrogens with one attached hydrogen (secondary N) is 2. The number of para-hydroxylation sites is 2. The second-order valence-electron chi connectivity index (χ2n) is 9.95. The van der Waals surface area contributed by atoms with E-state index >= 15 is 0 Å². The van der Waals surface area contributed by atoms with Gasteiger partial charge in [-0.15, -0.1) is 0 Å². The van der Waals surface area contributed by atoms with Gasteiger partial charge >= 0.3 is 6.03 Å². The third kappa shape index (κ3) is 5.93. The highest BCUT2D eigenvalue weighted by Crippen LogP contribution is 2.41. The second-order valence-corrected chi connectivity index (χ2v) is 9.95. The standard InChI is InChI=1S/C30H35N5O4/c1-2-35-14-13-22(21-11-12-27-28(17-21)39-16-15-38-27)26(35)18-25(34-30(32)37)19-7-9-20(10-8-19)29(36)33-24-6-4-3-5-23(24)31/h3-12,17,22,25-26H,2,13-16,18,31H2,1H3,(H,33,36)(H3,32,34,37). The number of nitrogens with zero attached hydrogens (tertiary/aromatic N) is 1. The Hall–Kier alpha value is -4.24.